The Bertz CT molecular complexity index is 661. The van der Waals surface area contributed by atoms with E-state index in [0.29, 0.717) is 5.95 Å². The lowest BCUT2D eigenvalue weighted by Crippen LogP contribution is -2.05. The fraction of sp³-hybridized carbons (Fsp3) is 0.273. The number of fused-ring (bicyclic) bond motifs is 1. The Morgan fingerprint density at radius 3 is 3.16 bits per heavy atom. The summed E-state index contributed by atoms with van der Waals surface area (Å²) in [5.74, 6) is 1.52. The molecule has 7 nitrogen and oxygen atoms in total. The minimum absolute atomic E-state index is 0.629. The van der Waals surface area contributed by atoms with Crippen LogP contribution in [-0.2, 0) is 6.42 Å². The van der Waals surface area contributed by atoms with Crippen LogP contribution in [0.1, 0.15) is 12.2 Å². The first-order valence-corrected chi connectivity index (χ1v) is 6.71. The summed E-state index contributed by atoms with van der Waals surface area (Å²) >= 11 is 3.45. The van der Waals surface area contributed by atoms with Crippen molar-refractivity contribution in [3.8, 4) is 0 Å². The first-order chi connectivity index (χ1) is 9.33. The van der Waals surface area contributed by atoms with Crippen LogP contribution in [0.15, 0.2) is 29.1 Å². The zero-order valence-corrected chi connectivity index (χ0v) is 11.6. The van der Waals surface area contributed by atoms with E-state index in [1.165, 1.54) is 6.33 Å². The molecule has 0 unspecified atom stereocenters. The third-order valence-electron chi connectivity index (χ3n) is 2.65. The van der Waals surface area contributed by atoms with E-state index in [2.05, 4.69) is 46.5 Å². The molecule has 0 aliphatic carbocycles. The third-order valence-corrected chi connectivity index (χ3v) is 3.27. The van der Waals surface area contributed by atoms with Crippen molar-refractivity contribution in [2.45, 2.75) is 12.8 Å². The Labute approximate surface area is 117 Å². The fourth-order valence-corrected chi connectivity index (χ4v) is 2.18. The van der Waals surface area contributed by atoms with E-state index in [1.807, 2.05) is 18.3 Å². The molecule has 0 fully saturated rings. The van der Waals surface area contributed by atoms with Crippen molar-refractivity contribution < 1.29 is 0 Å². The van der Waals surface area contributed by atoms with Gasteiger partial charge in [-0.05, 0) is 34.5 Å². The number of H-pyrrole nitrogens is 1. The van der Waals surface area contributed by atoms with Crippen molar-refractivity contribution in [2.75, 3.05) is 11.9 Å². The summed E-state index contributed by atoms with van der Waals surface area (Å²) in [6, 6.07) is 3.86. The Balaban J connectivity index is 1.58. The van der Waals surface area contributed by atoms with Gasteiger partial charge < -0.3 is 5.32 Å². The summed E-state index contributed by atoms with van der Waals surface area (Å²) < 4.78 is 2.67. The van der Waals surface area contributed by atoms with Crippen LogP contribution in [0.2, 0.25) is 0 Å². The van der Waals surface area contributed by atoms with Crippen LogP contribution >= 0.6 is 15.9 Å². The number of aromatic nitrogens is 6. The van der Waals surface area contributed by atoms with Gasteiger partial charge in [0.2, 0.25) is 5.95 Å². The van der Waals surface area contributed by atoms with Gasteiger partial charge in [0.05, 0.1) is 4.47 Å². The second kappa shape index (κ2) is 5.35. The second-order valence-electron chi connectivity index (χ2n) is 4.02. The van der Waals surface area contributed by atoms with Gasteiger partial charge in [-0.15, -0.1) is 5.10 Å². The number of aryl methyl sites for hydroxylation is 1. The standard InChI is InChI=1S/C11H12BrN7/c12-8-3-2-6-19-10(8)16-11(18-19)13-5-1-4-9-14-7-15-17-9/h2-3,6-7H,1,4-5H2,(H,13,18)(H,14,15,17). The number of aromatic amines is 1. The summed E-state index contributed by atoms with van der Waals surface area (Å²) in [7, 11) is 0. The van der Waals surface area contributed by atoms with Gasteiger partial charge in [-0.25, -0.2) is 9.50 Å². The number of hydrogen-bond acceptors (Lipinski definition) is 5. The molecule has 0 bridgehead atoms. The van der Waals surface area contributed by atoms with Crippen molar-refractivity contribution in [1.29, 1.82) is 0 Å². The number of nitrogens with zero attached hydrogens (tertiary/aromatic N) is 5. The Morgan fingerprint density at radius 2 is 2.37 bits per heavy atom. The number of anilines is 1. The highest BCUT2D eigenvalue weighted by atomic mass is 79.9. The SMILES string of the molecule is Brc1cccn2nc(NCCCc3ncn[nH]3)nc12. The molecule has 3 heterocycles. The summed E-state index contributed by atoms with van der Waals surface area (Å²) in [6.45, 7) is 0.787. The minimum atomic E-state index is 0.629. The van der Waals surface area contributed by atoms with Crippen molar-refractivity contribution in [3.63, 3.8) is 0 Å². The van der Waals surface area contributed by atoms with E-state index < -0.39 is 0 Å². The van der Waals surface area contributed by atoms with Crippen LogP contribution in [0, 0.1) is 0 Å². The number of rotatable bonds is 5. The zero-order chi connectivity index (χ0) is 13.1. The van der Waals surface area contributed by atoms with Gasteiger partial charge in [0.25, 0.3) is 0 Å². The molecule has 8 heteroatoms. The van der Waals surface area contributed by atoms with Crippen molar-refractivity contribution in [1.82, 2.24) is 29.8 Å². The first kappa shape index (κ1) is 12.1. The van der Waals surface area contributed by atoms with E-state index in [9.17, 15) is 0 Å². The topological polar surface area (TPSA) is 83.8 Å². The lowest BCUT2D eigenvalue weighted by Gasteiger charge is -1.99. The molecule has 0 spiro atoms. The highest BCUT2D eigenvalue weighted by Crippen LogP contribution is 2.16. The Hall–Kier alpha value is -1.96. The summed E-state index contributed by atoms with van der Waals surface area (Å²) in [4.78, 5) is 8.48. The zero-order valence-electron chi connectivity index (χ0n) is 10.0. The largest absolute Gasteiger partial charge is 0.353 e. The third kappa shape index (κ3) is 2.73. The summed E-state index contributed by atoms with van der Waals surface area (Å²) in [5, 5.41) is 14.2. The lowest BCUT2D eigenvalue weighted by atomic mass is 10.3. The predicted molar refractivity (Wildman–Crippen MR) is 73.9 cm³/mol. The second-order valence-corrected chi connectivity index (χ2v) is 4.88. The molecule has 0 amide bonds. The number of pyridine rings is 1. The molecule has 3 aromatic heterocycles. The monoisotopic (exact) mass is 321 g/mol. The van der Waals surface area contributed by atoms with Gasteiger partial charge in [0, 0.05) is 19.2 Å². The fourth-order valence-electron chi connectivity index (χ4n) is 1.76. The predicted octanol–water partition coefficient (Wildman–Crippen LogP) is 1.65. The van der Waals surface area contributed by atoms with Crippen LogP contribution in [-0.4, -0.2) is 36.3 Å². The molecule has 0 saturated carbocycles. The average Bonchev–Trinajstić information content (AvgIpc) is 3.04. The van der Waals surface area contributed by atoms with E-state index in [0.717, 1.165) is 35.3 Å². The molecular formula is C11H12BrN7. The molecule has 0 radical (unpaired) electrons. The lowest BCUT2D eigenvalue weighted by molar-refractivity contribution is 0.799. The molecule has 2 N–H and O–H groups in total. The van der Waals surface area contributed by atoms with E-state index in [1.54, 1.807) is 4.52 Å². The molecule has 19 heavy (non-hydrogen) atoms. The van der Waals surface area contributed by atoms with Gasteiger partial charge in [0.1, 0.15) is 12.2 Å². The van der Waals surface area contributed by atoms with Crippen LogP contribution < -0.4 is 5.32 Å². The minimum Gasteiger partial charge on any atom is -0.353 e. The molecule has 0 atom stereocenters. The summed E-state index contributed by atoms with van der Waals surface area (Å²) in [6.07, 6.45) is 5.17. The first-order valence-electron chi connectivity index (χ1n) is 5.92. The van der Waals surface area contributed by atoms with Gasteiger partial charge in [-0.3, -0.25) is 5.10 Å². The van der Waals surface area contributed by atoms with Crippen molar-refractivity contribution in [2.24, 2.45) is 0 Å². The Morgan fingerprint density at radius 1 is 1.42 bits per heavy atom. The van der Waals surface area contributed by atoms with Gasteiger partial charge >= 0.3 is 0 Å². The normalized spacial score (nSPS) is 11.0. The number of nitrogens with one attached hydrogen (secondary N) is 2. The van der Waals surface area contributed by atoms with Crippen molar-refractivity contribution in [3.05, 3.63) is 35.0 Å². The molecule has 0 saturated heterocycles. The van der Waals surface area contributed by atoms with Crippen LogP contribution in [0.3, 0.4) is 0 Å². The highest BCUT2D eigenvalue weighted by Gasteiger charge is 2.05. The van der Waals surface area contributed by atoms with Crippen LogP contribution in [0.25, 0.3) is 5.65 Å². The molecular weight excluding hydrogens is 310 g/mol. The van der Waals surface area contributed by atoms with Crippen molar-refractivity contribution >= 4 is 27.5 Å². The van der Waals surface area contributed by atoms with E-state index >= 15 is 0 Å². The Kier molecular flexibility index (Phi) is 3.41. The smallest absolute Gasteiger partial charge is 0.243 e. The van der Waals surface area contributed by atoms with Crippen LogP contribution in [0.5, 0.6) is 0 Å². The molecule has 0 aliphatic heterocycles. The van der Waals surface area contributed by atoms with E-state index in [4.69, 9.17) is 0 Å². The highest BCUT2D eigenvalue weighted by molar-refractivity contribution is 9.10. The maximum atomic E-state index is 4.40. The quantitative estimate of drug-likeness (QED) is 0.698. The number of hydrogen-bond donors (Lipinski definition) is 2. The number of halogens is 1. The maximum absolute atomic E-state index is 4.40. The van der Waals surface area contributed by atoms with Gasteiger partial charge in [0.15, 0.2) is 5.65 Å². The molecule has 98 valence electrons. The average molecular weight is 322 g/mol. The molecule has 3 aromatic rings. The molecule has 3 rings (SSSR count). The van der Waals surface area contributed by atoms with Crippen LogP contribution in [0.4, 0.5) is 5.95 Å². The van der Waals surface area contributed by atoms with Gasteiger partial charge in [-0.2, -0.15) is 10.1 Å². The van der Waals surface area contributed by atoms with Gasteiger partial charge in [-0.1, -0.05) is 0 Å². The summed E-state index contributed by atoms with van der Waals surface area (Å²) in [5.41, 5.74) is 0.806. The molecule has 0 aliphatic rings. The molecule has 0 aromatic carbocycles. The van der Waals surface area contributed by atoms with E-state index in [-0.39, 0.29) is 0 Å². The maximum Gasteiger partial charge on any atom is 0.243 e.